The highest BCUT2D eigenvalue weighted by Crippen LogP contribution is 2.15. The molecule has 1 aromatic heterocycles. The van der Waals surface area contributed by atoms with E-state index in [4.69, 9.17) is 4.74 Å². The Hall–Kier alpha value is -3.22. The van der Waals surface area contributed by atoms with Crippen LogP contribution in [-0.2, 0) is 11.3 Å². The average molecular weight is 352 g/mol. The van der Waals surface area contributed by atoms with Crippen molar-refractivity contribution in [1.29, 1.82) is 0 Å². The maximum absolute atomic E-state index is 12.5. The Bertz CT molecular complexity index is 996. The van der Waals surface area contributed by atoms with Gasteiger partial charge in [-0.2, -0.15) is 0 Å². The van der Waals surface area contributed by atoms with E-state index in [0.29, 0.717) is 16.7 Å². The summed E-state index contributed by atoms with van der Waals surface area (Å²) in [4.78, 5) is 24.8. The molecule has 1 amide bonds. The Morgan fingerprint density at radius 3 is 2.65 bits per heavy atom. The Kier molecular flexibility index (Phi) is 4.97. The molecule has 0 spiro atoms. The van der Waals surface area contributed by atoms with Crippen LogP contribution in [-0.4, -0.2) is 28.0 Å². The number of rotatable bonds is 5. The number of nitrogens with zero attached hydrogens (tertiary/aromatic N) is 3. The number of fused-ring (bicyclic) bond motifs is 1. The fourth-order valence-electron chi connectivity index (χ4n) is 2.65. The first-order valence-electron chi connectivity index (χ1n) is 8.25. The van der Waals surface area contributed by atoms with Gasteiger partial charge in [-0.05, 0) is 31.5 Å². The smallest absolute Gasteiger partial charge is 0.278 e. The Morgan fingerprint density at radius 1 is 1.23 bits per heavy atom. The minimum absolute atomic E-state index is 0.170. The largest absolute Gasteiger partial charge is 0.497 e. The molecule has 2 aromatic carbocycles. The lowest BCUT2D eigenvalue weighted by molar-refractivity contribution is -0.122. The number of hydrogen-bond donors (Lipinski definition) is 1. The standard InChI is InChI=1S/C19H20N4O3/c1-12-4-6-14(7-5-12)13(2)20-18(24)11-23-19(25)16-9-8-15(26-3)10-17(16)21-22-23/h4-10,13H,11H2,1-3H3,(H,20,24). The van der Waals surface area contributed by atoms with E-state index in [1.807, 2.05) is 38.1 Å². The molecule has 0 saturated heterocycles. The fourth-order valence-corrected chi connectivity index (χ4v) is 2.65. The molecule has 0 bridgehead atoms. The van der Waals surface area contributed by atoms with Gasteiger partial charge in [0.1, 0.15) is 17.8 Å². The van der Waals surface area contributed by atoms with Gasteiger partial charge in [-0.1, -0.05) is 35.0 Å². The van der Waals surface area contributed by atoms with Crippen molar-refractivity contribution < 1.29 is 9.53 Å². The lowest BCUT2D eigenvalue weighted by Gasteiger charge is -2.15. The molecule has 1 N–H and O–H groups in total. The average Bonchev–Trinajstić information content (AvgIpc) is 2.64. The number of amides is 1. The normalized spacial score (nSPS) is 12.0. The molecule has 0 fully saturated rings. The van der Waals surface area contributed by atoms with Crippen LogP contribution in [0.1, 0.15) is 24.1 Å². The minimum atomic E-state index is -0.365. The van der Waals surface area contributed by atoms with E-state index >= 15 is 0 Å². The van der Waals surface area contributed by atoms with Gasteiger partial charge in [0.25, 0.3) is 5.56 Å². The van der Waals surface area contributed by atoms with Crippen molar-refractivity contribution in [3.63, 3.8) is 0 Å². The van der Waals surface area contributed by atoms with Crippen molar-refractivity contribution >= 4 is 16.8 Å². The van der Waals surface area contributed by atoms with Crippen molar-refractivity contribution in [2.75, 3.05) is 7.11 Å². The third-order valence-corrected chi connectivity index (χ3v) is 4.18. The predicted molar refractivity (Wildman–Crippen MR) is 98.1 cm³/mol. The molecule has 7 nitrogen and oxygen atoms in total. The summed E-state index contributed by atoms with van der Waals surface area (Å²) in [6.45, 7) is 3.71. The highest BCUT2D eigenvalue weighted by atomic mass is 16.5. The molecule has 1 atom stereocenters. The van der Waals surface area contributed by atoms with Gasteiger partial charge in [0.2, 0.25) is 5.91 Å². The van der Waals surface area contributed by atoms with Crippen LogP contribution in [0.15, 0.2) is 47.3 Å². The zero-order chi connectivity index (χ0) is 18.7. The minimum Gasteiger partial charge on any atom is -0.497 e. The van der Waals surface area contributed by atoms with Gasteiger partial charge in [-0.3, -0.25) is 9.59 Å². The van der Waals surface area contributed by atoms with Crippen molar-refractivity contribution in [2.45, 2.75) is 26.4 Å². The SMILES string of the molecule is COc1ccc2c(=O)n(CC(=O)NC(C)c3ccc(C)cc3)nnc2c1. The van der Waals surface area contributed by atoms with E-state index in [-0.39, 0.29) is 24.1 Å². The third-order valence-electron chi connectivity index (χ3n) is 4.18. The molecule has 0 aliphatic heterocycles. The summed E-state index contributed by atoms with van der Waals surface area (Å²) in [7, 11) is 1.54. The van der Waals surface area contributed by atoms with Crippen molar-refractivity contribution in [1.82, 2.24) is 20.3 Å². The molecule has 1 unspecified atom stereocenters. The van der Waals surface area contributed by atoms with Gasteiger partial charge in [-0.25, -0.2) is 4.68 Å². The van der Waals surface area contributed by atoms with Crippen LogP contribution < -0.4 is 15.6 Å². The number of hydrogen-bond acceptors (Lipinski definition) is 5. The van der Waals surface area contributed by atoms with Crippen LogP contribution in [0.4, 0.5) is 0 Å². The van der Waals surface area contributed by atoms with E-state index < -0.39 is 0 Å². The molecule has 0 aliphatic rings. The molecule has 3 aromatic rings. The molecule has 0 saturated carbocycles. The van der Waals surface area contributed by atoms with Gasteiger partial charge in [0.05, 0.1) is 18.5 Å². The quantitative estimate of drug-likeness (QED) is 0.759. The number of aryl methyl sites for hydroxylation is 1. The molecular formula is C19H20N4O3. The molecule has 0 radical (unpaired) electrons. The van der Waals surface area contributed by atoms with Gasteiger partial charge in [-0.15, -0.1) is 5.10 Å². The number of methoxy groups -OCH3 is 1. The summed E-state index contributed by atoms with van der Waals surface area (Å²) in [6.07, 6.45) is 0. The van der Waals surface area contributed by atoms with Gasteiger partial charge < -0.3 is 10.1 Å². The summed E-state index contributed by atoms with van der Waals surface area (Å²) >= 11 is 0. The lowest BCUT2D eigenvalue weighted by atomic mass is 10.1. The van der Waals surface area contributed by atoms with Crippen molar-refractivity contribution in [3.8, 4) is 5.75 Å². The monoisotopic (exact) mass is 352 g/mol. The van der Waals surface area contributed by atoms with E-state index in [0.717, 1.165) is 15.8 Å². The highest BCUT2D eigenvalue weighted by Gasteiger charge is 2.13. The highest BCUT2D eigenvalue weighted by molar-refractivity contribution is 5.79. The maximum Gasteiger partial charge on any atom is 0.278 e. The van der Waals surface area contributed by atoms with Crippen LogP contribution >= 0.6 is 0 Å². The summed E-state index contributed by atoms with van der Waals surface area (Å²) in [5.41, 5.74) is 2.21. The first-order chi connectivity index (χ1) is 12.5. The summed E-state index contributed by atoms with van der Waals surface area (Å²) < 4.78 is 6.17. The predicted octanol–water partition coefficient (Wildman–Crippen LogP) is 1.99. The summed E-state index contributed by atoms with van der Waals surface area (Å²) in [5, 5.41) is 11.1. The Labute approximate surface area is 150 Å². The fraction of sp³-hybridized carbons (Fsp3) is 0.263. The lowest BCUT2D eigenvalue weighted by Crippen LogP contribution is -2.35. The third kappa shape index (κ3) is 3.72. The van der Waals surface area contributed by atoms with Crippen LogP contribution in [0.2, 0.25) is 0 Å². The molecule has 3 rings (SSSR count). The first-order valence-corrected chi connectivity index (χ1v) is 8.25. The second-order valence-corrected chi connectivity index (χ2v) is 6.14. The van der Waals surface area contributed by atoms with Crippen molar-refractivity contribution in [3.05, 3.63) is 63.9 Å². The van der Waals surface area contributed by atoms with E-state index in [1.165, 1.54) is 7.11 Å². The second kappa shape index (κ2) is 7.35. The van der Waals surface area contributed by atoms with Gasteiger partial charge >= 0.3 is 0 Å². The Morgan fingerprint density at radius 2 is 1.96 bits per heavy atom. The zero-order valence-corrected chi connectivity index (χ0v) is 14.9. The Balaban J connectivity index is 1.75. The number of aromatic nitrogens is 3. The first kappa shape index (κ1) is 17.6. The van der Waals surface area contributed by atoms with Crippen LogP contribution in [0, 0.1) is 6.92 Å². The van der Waals surface area contributed by atoms with E-state index in [2.05, 4.69) is 15.6 Å². The van der Waals surface area contributed by atoms with Crippen LogP contribution in [0.3, 0.4) is 0 Å². The number of nitrogens with one attached hydrogen (secondary N) is 1. The van der Waals surface area contributed by atoms with Gasteiger partial charge in [0, 0.05) is 6.07 Å². The molecule has 134 valence electrons. The number of carbonyl (C=O) groups is 1. The topological polar surface area (TPSA) is 86.1 Å². The number of ether oxygens (including phenoxy) is 1. The van der Waals surface area contributed by atoms with Crippen molar-refractivity contribution in [2.24, 2.45) is 0 Å². The van der Waals surface area contributed by atoms with Crippen LogP contribution in [0.25, 0.3) is 10.9 Å². The maximum atomic E-state index is 12.5. The zero-order valence-electron chi connectivity index (χ0n) is 14.9. The molecule has 26 heavy (non-hydrogen) atoms. The molecule has 0 aliphatic carbocycles. The molecule has 1 heterocycles. The van der Waals surface area contributed by atoms with Crippen LogP contribution in [0.5, 0.6) is 5.75 Å². The summed E-state index contributed by atoms with van der Waals surface area (Å²) in [5.74, 6) is 0.288. The summed E-state index contributed by atoms with van der Waals surface area (Å²) in [6, 6.07) is 12.7. The number of benzene rings is 2. The number of carbonyl (C=O) groups excluding carboxylic acids is 1. The molecule has 7 heteroatoms. The van der Waals surface area contributed by atoms with E-state index in [1.54, 1.807) is 18.2 Å². The second-order valence-electron chi connectivity index (χ2n) is 6.14. The molecular weight excluding hydrogens is 332 g/mol. The van der Waals surface area contributed by atoms with Gasteiger partial charge in [0.15, 0.2) is 0 Å². The van der Waals surface area contributed by atoms with E-state index in [9.17, 15) is 9.59 Å².